The first kappa shape index (κ1) is 37.4. The second-order valence-corrected chi connectivity index (χ2v) is 18.7. The van der Waals surface area contributed by atoms with Crippen LogP contribution in [0.2, 0.25) is 0 Å². The number of hydrogen-bond acceptors (Lipinski definition) is 1. The zero-order valence-electron chi connectivity index (χ0n) is 36.4. The van der Waals surface area contributed by atoms with Gasteiger partial charge in [-0.15, -0.1) is 0 Å². The van der Waals surface area contributed by atoms with Crippen LogP contribution < -0.4 is 4.90 Å². The Morgan fingerprint density at radius 1 is 0.349 bits per heavy atom. The van der Waals surface area contributed by atoms with Gasteiger partial charge in [0.25, 0.3) is 0 Å². The fourth-order valence-corrected chi connectivity index (χ4v) is 10.9. The maximum absolute atomic E-state index is 2.42. The van der Waals surface area contributed by atoms with Gasteiger partial charge in [-0.3, -0.25) is 0 Å². The molecule has 2 aliphatic rings. The summed E-state index contributed by atoms with van der Waals surface area (Å²) in [5.74, 6) is 0. The lowest BCUT2D eigenvalue weighted by atomic mass is 9.81. The van der Waals surface area contributed by atoms with Crippen LogP contribution in [0.15, 0.2) is 200 Å². The zero-order chi connectivity index (χ0) is 42.6. The van der Waals surface area contributed by atoms with Gasteiger partial charge in [-0.25, -0.2) is 0 Å². The van der Waals surface area contributed by atoms with Crippen LogP contribution in [0.1, 0.15) is 55.5 Å². The number of aromatic nitrogens is 1. The minimum absolute atomic E-state index is 0.0490. The smallest absolute Gasteiger partial charge is 0.0542 e. The molecule has 10 aromatic rings. The van der Waals surface area contributed by atoms with Crippen molar-refractivity contribution in [2.24, 2.45) is 0 Å². The maximum Gasteiger partial charge on any atom is 0.0542 e. The summed E-state index contributed by atoms with van der Waals surface area (Å²) < 4.78 is 2.40. The van der Waals surface area contributed by atoms with E-state index in [1.807, 2.05) is 0 Å². The van der Waals surface area contributed by atoms with Crippen molar-refractivity contribution >= 4 is 38.9 Å². The first-order valence-electron chi connectivity index (χ1n) is 22.3. The van der Waals surface area contributed by atoms with Crippen LogP contribution in [0, 0.1) is 6.92 Å². The number of nitrogens with zero attached hydrogens (tertiary/aromatic N) is 2. The summed E-state index contributed by atoms with van der Waals surface area (Å²) in [6.07, 6.45) is 0. The molecule has 0 saturated heterocycles. The molecular formula is C61H48N2. The molecule has 2 heteroatoms. The Bertz CT molecular complexity index is 3290. The van der Waals surface area contributed by atoms with Crippen LogP contribution in [-0.2, 0) is 10.8 Å². The van der Waals surface area contributed by atoms with E-state index in [2.05, 4.69) is 244 Å². The molecule has 0 bridgehead atoms. The fraction of sp³-hybridized carbons (Fsp3) is 0.115. The Balaban J connectivity index is 0.970. The molecule has 0 radical (unpaired) electrons. The maximum atomic E-state index is 2.42. The van der Waals surface area contributed by atoms with Crippen LogP contribution in [0.4, 0.5) is 17.1 Å². The minimum Gasteiger partial charge on any atom is -0.310 e. The molecule has 2 nitrogen and oxygen atoms in total. The predicted molar refractivity (Wildman–Crippen MR) is 266 cm³/mol. The Hall–Kier alpha value is -7.42. The van der Waals surface area contributed by atoms with Crippen LogP contribution in [0.5, 0.6) is 0 Å². The van der Waals surface area contributed by atoms with E-state index in [1.165, 1.54) is 94.1 Å². The van der Waals surface area contributed by atoms with Crippen LogP contribution in [0.25, 0.3) is 72.0 Å². The van der Waals surface area contributed by atoms with Gasteiger partial charge in [0.05, 0.1) is 11.0 Å². The number of rotatable bonds is 6. The van der Waals surface area contributed by atoms with Crippen molar-refractivity contribution in [1.82, 2.24) is 4.57 Å². The van der Waals surface area contributed by atoms with Gasteiger partial charge >= 0.3 is 0 Å². The van der Waals surface area contributed by atoms with E-state index < -0.39 is 0 Å². The second kappa shape index (κ2) is 13.8. The summed E-state index contributed by atoms with van der Waals surface area (Å²) in [4.78, 5) is 2.42. The molecule has 0 N–H and O–H groups in total. The Morgan fingerprint density at radius 3 is 1.32 bits per heavy atom. The topological polar surface area (TPSA) is 8.17 Å². The first-order valence-corrected chi connectivity index (χ1v) is 22.3. The summed E-state index contributed by atoms with van der Waals surface area (Å²) in [7, 11) is 0. The normalized spacial score (nSPS) is 14.0. The molecule has 1 heterocycles. The van der Waals surface area contributed by atoms with E-state index in [4.69, 9.17) is 0 Å². The molecule has 0 amide bonds. The lowest BCUT2D eigenvalue weighted by molar-refractivity contribution is 0.660. The highest BCUT2D eigenvalue weighted by Gasteiger charge is 2.36. The minimum atomic E-state index is -0.0490. The fourth-order valence-electron chi connectivity index (χ4n) is 10.9. The molecule has 0 aliphatic heterocycles. The number of anilines is 3. The standard InChI is InChI=1S/C61H48N2/c1-39-19-33-58-52(35-39)53-38-47(30-34-59(53)63(58)44-13-7-6-8-14-44)62(45-26-20-40(21-27-45)42-24-31-50-48-15-9-11-17-54(48)60(2,3)56(50)36-42)46-28-22-41(23-29-46)43-25-32-51-49-16-10-12-18-55(49)61(4,5)57(51)37-43/h6-38H,1-5H3. The van der Waals surface area contributed by atoms with E-state index >= 15 is 0 Å². The van der Waals surface area contributed by atoms with Crippen molar-refractivity contribution in [3.63, 3.8) is 0 Å². The third-order valence-corrected chi connectivity index (χ3v) is 14.3. The number of para-hydroxylation sites is 1. The highest BCUT2D eigenvalue weighted by molar-refractivity contribution is 6.11. The lowest BCUT2D eigenvalue weighted by Crippen LogP contribution is -2.14. The first-order chi connectivity index (χ1) is 30.6. The Morgan fingerprint density at radius 2 is 0.778 bits per heavy atom. The molecule has 9 aromatic carbocycles. The van der Waals surface area contributed by atoms with Gasteiger partial charge < -0.3 is 9.47 Å². The van der Waals surface area contributed by atoms with Gasteiger partial charge in [0.1, 0.15) is 0 Å². The average Bonchev–Trinajstić information content (AvgIpc) is 3.85. The van der Waals surface area contributed by atoms with Crippen molar-refractivity contribution in [3.8, 4) is 50.2 Å². The molecule has 0 saturated carbocycles. The van der Waals surface area contributed by atoms with Crippen molar-refractivity contribution in [1.29, 1.82) is 0 Å². The highest BCUT2D eigenvalue weighted by Crippen LogP contribution is 2.51. The molecule has 12 rings (SSSR count). The van der Waals surface area contributed by atoms with E-state index in [0.717, 1.165) is 22.7 Å². The van der Waals surface area contributed by atoms with E-state index in [1.54, 1.807) is 0 Å². The van der Waals surface area contributed by atoms with E-state index in [0.29, 0.717) is 0 Å². The molecule has 2 aliphatic carbocycles. The van der Waals surface area contributed by atoms with Crippen LogP contribution in [0.3, 0.4) is 0 Å². The zero-order valence-corrected chi connectivity index (χ0v) is 36.4. The Kier molecular flexibility index (Phi) is 8.18. The summed E-state index contributed by atoms with van der Waals surface area (Å²) in [5.41, 5.74) is 23.9. The molecule has 0 spiro atoms. The largest absolute Gasteiger partial charge is 0.310 e. The van der Waals surface area contributed by atoms with Gasteiger partial charge in [-0.1, -0.05) is 155 Å². The number of hydrogen-bond donors (Lipinski definition) is 0. The molecule has 63 heavy (non-hydrogen) atoms. The summed E-state index contributed by atoms with van der Waals surface area (Å²) in [6, 6.07) is 74.7. The monoisotopic (exact) mass is 808 g/mol. The molecule has 1 aromatic heterocycles. The summed E-state index contributed by atoms with van der Waals surface area (Å²) >= 11 is 0. The highest BCUT2D eigenvalue weighted by atomic mass is 15.1. The van der Waals surface area contributed by atoms with Crippen molar-refractivity contribution in [3.05, 3.63) is 228 Å². The average molecular weight is 809 g/mol. The van der Waals surface area contributed by atoms with Gasteiger partial charge in [-0.05, 0) is 153 Å². The second-order valence-electron chi connectivity index (χ2n) is 18.7. The van der Waals surface area contributed by atoms with Gasteiger partial charge in [0, 0.05) is 44.4 Å². The Labute approximate surface area is 370 Å². The van der Waals surface area contributed by atoms with Gasteiger partial charge in [-0.2, -0.15) is 0 Å². The molecule has 0 atom stereocenters. The van der Waals surface area contributed by atoms with Gasteiger partial charge in [0.2, 0.25) is 0 Å². The van der Waals surface area contributed by atoms with Crippen molar-refractivity contribution < 1.29 is 0 Å². The third kappa shape index (κ3) is 5.71. The lowest BCUT2D eigenvalue weighted by Gasteiger charge is -2.26. The molecule has 0 fully saturated rings. The summed E-state index contributed by atoms with van der Waals surface area (Å²) in [5, 5.41) is 2.49. The number of aryl methyl sites for hydroxylation is 1. The summed E-state index contributed by atoms with van der Waals surface area (Å²) in [6.45, 7) is 11.6. The van der Waals surface area contributed by atoms with E-state index in [-0.39, 0.29) is 10.8 Å². The third-order valence-electron chi connectivity index (χ3n) is 14.3. The molecule has 0 unspecified atom stereocenters. The number of fused-ring (bicyclic) bond motifs is 9. The van der Waals surface area contributed by atoms with E-state index in [9.17, 15) is 0 Å². The molecular weight excluding hydrogens is 761 g/mol. The predicted octanol–water partition coefficient (Wildman–Crippen LogP) is 16.5. The number of benzene rings is 9. The van der Waals surface area contributed by atoms with Crippen LogP contribution >= 0.6 is 0 Å². The SMILES string of the molecule is Cc1ccc2c(c1)c1cc(N(c3ccc(-c4ccc5c(c4)C(C)(C)c4ccccc4-5)cc3)c3ccc(-c4ccc5c(c4)C(C)(C)c4ccccc4-5)cc3)ccc1n2-c1ccccc1. The van der Waals surface area contributed by atoms with Crippen molar-refractivity contribution in [2.75, 3.05) is 4.90 Å². The molecule has 302 valence electrons. The van der Waals surface area contributed by atoms with Crippen molar-refractivity contribution in [2.45, 2.75) is 45.4 Å². The van der Waals surface area contributed by atoms with Gasteiger partial charge in [0.15, 0.2) is 0 Å². The van der Waals surface area contributed by atoms with Crippen LogP contribution in [-0.4, -0.2) is 4.57 Å². The quantitative estimate of drug-likeness (QED) is 0.162.